The predicted octanol–water partition coefficient (Wildman–Crippen LogP) is 3.49. The van der Waals surface area contributed by atoms with Crippen molar-refractivity contribution in [2.45, 2.75) is 0 Å². The summed E-state index contributed by atoms with van der Waals surface area (Å²) in [6.45, 7) is 3.47. The smallest absolute Gasteiger partial charge is 0.267 e. The summed E-state index contributed by atoms with van der Waals surface area (Å²) in [4.78, 5) is 26.1. The van der Waals surface area contributed by atoms with Crippen molar-refractivity contribution in [1.29, 1.82) is 0 Å². The first-order chi connectivity index (χ1) is 11.1. The van der Waals surface area contributed by atoms with Gasteiger partial charge in [-0.05, 0) is 24.3 Å². The minimum absolute atomic E-state index is 0.0897. The van der Waals surface area contributed by atoms with E-state index in [0.29, 0.717) is 22.0 Å². The van der Waals surface area contributed by atoms with Gasteiger partial charge < -0.3 is 5.32 Å². The van der Waals surface area contributed by atoms with Crippen LogP contribution in [-0.2, 0) is 9.59 Å². The Morgan fingerprint density at radius 1 is 1.22 bits per heavy atom. The molecule has 0 spiro atoms. The maximum absolute atomic E-state index is 12.4. The molecule has 2 amide bonds. The minimum Gasteiger partial charge on any atom is -0.324 e. The molecule has 114 valence electrons. The molecule has 3 rings (SSSR count). The highest BCUT2D eigenvalue weighted by Crippen LogP contribution is 2.35. The molecule has 0 aromatic heterocycles. The van der Waals surface area contributed by atoms with Crippen LogP contribution in [0.5, 0.6) is 0 Å². The van der Waals surface area contributed by atoms with Crippen molar-refractivity contribution >= 4 is 40.4 Å². The molecule has 0 radical (unpaired) electrons. The first-order valence-electron chi connectivity index (χ1n) is 6.97. The number of nitrogens with zero attached hydrogens (tertiary/aromatic N) is 1. The number of nitrogens with one attached hydrogen (secondary N) is 1. The van der Waals surface area contributed by atoms with Crippen molar-refractivity contribution in [1.82, 2.24) is 0 Å². The van der Waals surface area contributed by atoms with E-state index in [-0.39, 0.29) is 18.4 Å². The second-order valence-corrected chi connectivity index (χ2v) is 5.46. The van der Waals surface area contributed by atoms with Gasteiger partial charge in [-0.25, -0.2) is 0 Å². The van der Waals surface area contributed by atoms with Crippen molar-refractivity contribution in [3.63, 3.8) is 0 Å². The van der Waals surface area contributed by atoms with E-state index >= 15 is 0 Å². The lowest BCUT2D eigenvalue weighted by atomic mass is 10.1. The lowest BCUT2D eigenvalue weighted by Crippen LogP contribution is -2.35. The SMILES string of the molecule is C=C=C1C(=O)N(CC(=O)Nc2cccc(Cl)c2)c2ccccc21. The molecular formula is C18H13ClN2O2. The Bertz CT molecular complexity index is 854. The van der Waals surface area contributed by atoms with E-state index in [1.54, 1.807) is 30.3 Å². The minimum atomic E-state index is -0.305. The number of halogens is 1. The zero-order valence-corrected chi connectivity index (χ0v) is 12.9. The zero-order valence-electron chi connectivity index (χ0n) is 12.2. The maximum Gasteiger partial charge on any atom is 0.267 e. The van der Waals surface area contributed by atoms with Crippen molar-refractivity contribution in [3.05, 3.63) is 71.4 Å². The summed E-state index contributed by atoms with van der Waals surface area (Å²) in [5.41, 5.74) is 5.05. The first kappa shape index (κ1) is 15.1. The Morgan fingerprint density at radius 3 is 2.74 bits per heavy atom. The van der Waals surface area contributed by atoms with Crippen molar-refractivity contribution in [2.75, 3.05) is 16.8 Å². The Hall–Kier alpha value is -2.81. The van der Waals surface area contributed by atoms with Gasteiger partial charge in [0.2, 0.25) is 5.91 Å². The number of fused-ring (bicyclic) bond motifs is 1. The van der Waals surface area contributed by atoms with E-state index < -0.39 is 0 Å². The molecule has 0 bridgehead atoms. The van der Waals surface area contributed by atoms with Crippen LogP contribution in [-0.4, -0.2) is 18.4 Å². The van der Waals surface area contributed by atoms with Gasteiger partial charge >= 0.3 is 0 Å². The molecule has 4 nitrogen and oxygen atoms in total. The highest BCUT2D eigenvalue weighted by Gasteiger charge is 2.33. The Morgan fingerprint density at radius 2 is 2.00 bits per heavy atom. The summed E-state index contributed by atoms with van der Waals surface area (Å²) in [6, 6.07) is 14.1. The molecule has 0 fully saturated rings. The lowest BCUT2D eigenvalue weighted by molar-refractivity contribution is -0.118. The second kappa shape index (κ2) is 6.13. The number of carbonyl (C=O) groups is 2. The summed E-state index contributed by atoms with van der Waals surface area (Å²) in [5, 5.41) is 3.26. The maximum atomic E-state index is 12.4. The van der Waals surface area contributed by atoms with Gasteiger partial charge in [0.1, 0.15) is 6.54 Å². The van der Waals surface area contributed by atoms with Gasteiger partial charge in [-0.1, -0.05) is 42.4 Å². The van der Waals surface area contributed by atoms with Crippen LogP contribution < -0.4 is 10.2 Å². The van der Waals surface area contributed by atoms with Gasteiger partial charge in [-0.2, -0.15) is 0 Å². The average molecular weight is 325 g/mol. The third kappa shape index (κ3) is 2.90. The standard InChI is InChI=1S/C18H13ClN2O2/c1-2-14-15-8-3-4-9-16(15)21(18(14)23)11-17(22)20-13-7-5-6-12(19)10-13/h3-10H,1,11H2,(H,20,22). The van der Waals surface area contributed by atoms with E-state index in [0.717, 1.165) is 5.56 Å². The molecule has 1 heterocycles. The highest BCUT2D eigenvalue weighted by molar-refractivity contribution is 6.33. The summed E-state index contributed by atoms with van der Waals surface area (Å²) in [6.07, 6.45) is 0. The summed E-state index contributed by atoms with van der Waals surface area (Å²) >= 11 is 5.89. The number of para-hydroxylation sites is 1. The van der Waals surface area contributed by atoms with Crippen LogP contribution in [0.1, 0.15) is 5.56 Å². The Kier molecular flexibility index (Phi) is 4.02. The van der Waals surface area contributed by atoms with E-state index in [4.69, 9.17) is 11.6 Å². The van der Waals surface area contributed by atoms with E-state index in [2.05, 4.69) is 17.6 Å². The molecule has 0 atom stereocenters. The monoisotopic (exact) mass is 324 g/mol. The number of carbonyl (C=O) groups excluding carboxylic acids is 2. The van der Waals surface area contributed by atoms with Gasteiger partial charge in [0.25, 0.3) is 5.91 Å². The number of amides is 2. The van der Waals surface area contributed by atoms with Crippen LogP contribution in [0.25, 0.3) is 5.57 Å². The highest BCUT2D eigenvalue weighted by atomic mass is 35.5. The number of anilines is 2. The number of rotatable bonds is 3. The number of hydrogen-bond donors (Lipinski definition) is 1. The fourth-order valence-electron chi connectivity index (χ4n) is 2.52. The molecular weight excluding hydrogens is 312 g/mol. The van der Waals surface area contributed by atoms with Crippen molar-refractivity contribution < 1.29 is 9.59 Å². The van der Waals surface area contributed by atoms with E-state index in [1.165, 1.54) is 4.90 Å². The molecule has 0 unspecified atom stereocenters. The molecule has 1 N–H and O–H groups in total. The fourth-order valence-corrected chi connectivity index (χ4v) is 2.71. The average Bonchev–Trinajstić information content (AvgIpc) is 2.79. The van der Waals surface area contributed by atoms with Crippen LogP contribution in [0, 0.1) is 0 Å². The van der Waals surface area contributed by atoms with Crippen molar-refractivity contribution in [2.24, 2.45) is 0 Å². The molecule has 0 saturated carbocycles. The fraction of sp³-hybridized carbons (Fsp3) is 0.0556. The quantitative estimate of drug-likeness (QED) is 0.694. The van der Waals surface area contributed by atoms with Gasteiger partial charge in [-0.3, -0.25) is 14.5 Å². The largest absolute Gasteiger partial charge is 0.324 e. The zero-order chi connectivity index (χ0) is 16.4. The number of hydrogen-bond acceptors (Lipinski definition) is 2. The second-order valence-electron chi connectivity index (χ2n) is 5.02. The number of benzene rings is 2. The molecule has 5 heteroatoms. The lowest BCUT2D eigenvalue weighted by Gasteiger charge is -2.16. The van der Waals surface area contributed by atoms with Crippen LogP contribution in [0.3, 0.4) is 0 Å². The van der Waals surface area contributed by atoms with Crippen LogP contribution in [0.2, 0.25) is 5.02 Å². The first-order valence-corrected chi connectivity index (χ1v) is 7.34. The molecule has 0 saturated heterocycles. The van der Waals surface area contributed by atoms with Crippen LogP contribution in [0.4, 0.5) is 11.4 Å². The van der Waals surface area contributed by atoms with Crippen molar-refractivity contribution in [3.8, 4) is 0 Å². The molecule has 1 aliphatic rings. The summed E-state index contributed by atoms with van der Waals surface area (Å²) < 4.78 is 0. The summed E-state index contributed by atoms with van der Waals surface area (Å²) in [7, 11) is 0. The van der Waals surface area contributed by atoms with E-state index in [9.17, 15) is 9.59 Å². The summed E-state index contributed by atoms with van der Waals surface area (Å²) in [5.74, 6) is -0.580. The third-order valence-corrected chi connectivity index (χ3v) is 3.75. The third-order valence-electron chi connectivity index (χ3n) is 3.51. The van der Waals surface area contributed by atoms with Gasteiger partial charge in [0.15, 0.2) is 0 Å². The van der Waals surface area contributed by atoms with E-state index in [1.807, 2.05) is 18.2 Å². The Balaban J connectivity index is 1.81. The molecule has 23 heavy (non-hydrogen) atoms. The van der Waals surface area contributed by atoms with Gasteiger partial charge in [0.05, 0.1) is 11.3 Å². The molecule has 1 aliphatic heterocycles. The van der Waals surface area contributed by atoms with Crippen LogP contribution in [0.15, 0.2) is 60.8 Å². The topological polar surface area (TPSA) is 49.4 Å². The predicted molar refractivity (Wildman–Crippen MR) is 91.4 cm³/mol. The normalized spacial score (nSPS) is 12.8. The van der Waals surface area contributed by atoms with Crippen LogP contribution >= 0.6 is 11.6 Å². The molecule has 2 aromatic carbocycles. The Labute approximate surface area is 138 Å². The van der Waals surface area contributed by atoms with Gasteiger partial charge in [0, 0.05) is 16.3 Å². The van der Waals surface area contributed by atoms with Gasteiger partial charge in [-0.15, -0.1) is 5.73 Å². The molecule has 2 aromatic rings. The molecule has 0 aliphatic carbocycles.